The van der Waals surface area contributed by atoms with Gasteiger partial charge in [0.2, 0.25) is 5.91 Å². The van der Waals surface area contributed by atoms with Gasteiger partial charge in [-0.2, -0.15) is 5.26 Å². The lowest BCUT2D eigenvalue weighted by molar-refractivity contribution is -0.115. The summed E-state index contributed by atoms with van der Waals surface area (Å²) >= 11 is 11.9. The molecule has 0 saturated heterocycles. The van der Waals surface area contributed by atoms with E-state index in [0.29, 0.717) is 27.8 Å². The van der Waals surface area contributed by atoms with E-state index in [1.807, 2.05) is 0 Å². The molecule has 2 aromatic rings. The van der Waals surface area contributed by atoms with Crippen LogP contribution in [0.1, 0.15) is 22.3 Å². The van der Waals surface area contributed by atoms with Crippen molar-refractivity contribution >= 4 is 40.7 Å². The molecular formula is C17H13Cl2N3O2. The molecule has 0 atom stereocenters. The molecule has 5 nitrogen and oxygen atoms in total. The highest BCUT2D eigenvalue weighted by molar-refractivity contribution is 6.35. The minimum atomic E-state index is -0.367. The van der Waals surface area contributed by atoms with Crippen LogP contribution in [0.5, 0.6) is 0 Å². The molecule has 0 saturated carbocycles. The molecule has 0 aliphatic heterocycles. The van der Waals surface area contributed by atoms with Crippen molar-refractivity contribution in [2.75, 3.05) is 5.32 Å². The number of nitrogens with one attached hydrogen (secondary N) is 2. The number of nitriles is 1. The second-order valence-corrected chi connectivity index (χ2v) is 5.73. The van der Waals surface area contributed by atoms with E-state index < -0.39 is 0 Å². The number of anilines is 1. The quantitative estimate of drug-likeness (QED) is 0.849. The van der Waals surface area contributed by atoms with Crippen LogP contribution in [0.15, 0.2) is 42.5 Å². The first-order chi connectivity index (χ1) is 11.5. The second kappa shape index (κ2) is 8.34. The Balaban J connectivity index is 1.95. The topological polar surface area (TPSA) is 82.0 Å². The predicted molar refractivity (Wildman–Crippen MR) is 92.9 cm³/mol. The Morgan fingerprint density at radius 3 is 2.46 bits per heavy atom. The molecule has 2 rings (SSSR count). The minimum Gasteiger partial charge on any atom is -0.348 e. The SMILES string of the molecule is N#CCC(=O)Nc1ccc(CNC(=O)c2cc(Cl)ccc2Cl)cc1. The van der Waals surface area contributed by atoms with Gasteiger partial charge in [0, 0.05) is 17.3 Å². The van der Waals surface area contributed by atoms with Crippen molar-refractivity contribution in [3.8, 4) is 6.07 Å². The predicted octanol–water partition coefficient (Wildman–Crippen LogP) is 3.78. The first-order valence-corrected chi connectivity index (χ1v) is 7.74. The van der Waals surface area contributed by atoms with Crippen LogP contribution in [0, 0.1) is 11.3 Å². The fourth-order valence-electron chi connectivity index (χ4n) is 1.93. The third-order valence-electron chi connectivity index (χ3n) is 3.10. The van der Waals surface area contributed by atoms with E-state index in [0.717, 1.165) is 5.56 Å². The van der Waals surface area contributed by atoms with Crippen molar-refractivity contribution in [3.05, 3.63) is 63.6 Å². The van der Waals surface area contributed by atoms with Gasteiger partial charge in [0.25, 0.3) is 5.91 Å². The van der Waals surface area contributed by atoms with Gasteiger partial charge in [-0.3, -0.25) is 9.59 Å². The Kier molecular flexibility index (Phi) is 6.19. The van der Waals surface area contributed by atoms with E-state index in [2.05, 4.69) is 10.6 Å². The van der Waals surface area contributed by atoms with E-state index in [9.17, 15) is 9.59 Å². The number of carbonyl (C=O) groups is 2. The zero-order valence-corrected chi connectivity index (χ0v) is 14.0. The summed E-state index contributed by atoms with van der Waals surface area (Å²) in [7, 11) is 0. The average molecular weight is 362 g/mol. The molecule has 0 aromatic heterocycles. The number of nitrogens with zero attached hydrogens (tertiary/aromatic N) is 1. The molecule has 0 heterocycles. The van der Waals surface area contributed by atoms with Crippen molar-refractivity contribution < 1.29 is 9.59 Å². The average Bonchev–Trinajstić information content (AvgIpc) is 2.56. The summed E-state index contributed by atoms with van der Waals surface area (Å²) < 4.78 is 0. The summed E-state index contributed by atoms with van der Waals surface area (Å²) in [6.07, 6.45) is -0.196. The van der Waals surface area contributed by atoms with Crippen LogP contribution < -0.4 is 10.6 Å². The Bertz CT molecular complexity index is 798. The molecule has 122 valence electrons. The van der Waals surface area contributed by atoms with Crippen molar-refractivity contribution in [1.82, 2.24) is 5.32 Å². The zero-order valence-electron chi connectivity index (χ0n) is 12.5. The van der Waals surface area contributed by atoms with Gasteiger partial charge >= 0.3 is 0 Å². The minimum absolute atomic E-state index is 0.196. The number of benzene rings is 2. The fourth-order valence-corrected chi connectivity index (χ4v) is 2.31. The molecule has 7 heteroatoms. The van der Waals surface area contributed by atoms with Crippen molar-refractivity contribution in [1.29, 1.82) is 5.26 Å². The lowest BCUT2D eigenvalue weighted by atomic mass is 10.1. The maximum absolute atomic E-state index is 12.1. The Hall–Kier alpha value is -2.55. The number of hydrogen-bond acceptors (Lipinski definition) is 3. The number of carbonyl (C=O) groups excluding carboxylic acids is 2. The molecule has 2 aromatic carbocycles. The monoisotopic (exact) mass is 361 g/mol. The number of amides is 2. The maximum atomic E-state index is 12.1. The van der Waals surface area contributed by atoms with Crippen LogP contribution in [0.4, 0.5) is 5.69 Å². The Morgan fingerprint density at radius 2 is 1.79 bits per heavy atom. The van der Waals surface area contributed by atoms with Gasteiger partial charge in [-0.05, 0) is 35.9 Å². The maximum Gasteiger partial charge on any atom is 0.253 e. The van der Waals surface area contributed by atoms with E-state index in [-0.39, 0.29) is 18.2 Å². The Labute approximate surface area is 149 Å². The van der Waals surface area contributed by atoms with Crippen LogP contribution in [0.25, 0.3) is 0 Å². The van der Waals surface area contributed by atoms with Crippen LogP contribution >= 0.6 is 23.2 Å². The fraction of sp³-hybridized carbons (Fsp3) is 0.118. The van der Waals surface area contributed by atoms with Crippen LogP contribution in [0.2, 0.25) is 10.0 Å². The number of halogens is 2. The molecule has 24 heavy (non-hydrogen) atoms. The lowest BCUT2D eigenvalue weighted by Gasteiger charge is -2.08. The number of rotatable bonds is 5. The van der Waals surface area contributed by atoms with E-state index in [1.54, 1.807) is 42.5 Å². The molecule has 0 radical (unpaired) electrons. The standard InChI is InChI=1S/C17H13Cl2N3O2/c18-12-3-6-15(19)14(9-12)17(24)21-10-11-1-4-13(5-2-11)22-16(23)7-8-20/h1-6,9H,7,10H2,(H,21,24)(H,22,23). The van der Waals surface area contributed by atoms with Gasteiger partial charge in [-0.1, -0.05) is 35.3 Å². The van der Waals surface area contributed by atoms with Gasteiger partial charge < -0.3 is 10.6 Å². The third kappa shape index (κ3) is 4.98. The molecule has 0 spiro atoms. The van der Waals surface area contributed by atoms with Gasteiger partial charge in [0.05, 0.1) is 16.7 Å². The van der Waals surface area contributed by atoms with Crippen LogP contribution in [-0.4, -0.2) is 11.8 Å². The van der Waals surface area contributed by atoms with Crippen LogP contribution in [-0.2, 0) is 11.3 Å². The highest BCUT2D eigenvalue weighted by Crippen LogP contribution is 2.20. The van der Waals surface area contributed by atoms with Gasteiger partial charge in [0.15, 0.2) is 0 Å². The van der Waals surface area contributed by atoms with Crippen LogP contribution in [0.3, 0.4) is 0 Å². The second-order valence-electron chi connectivity index (χ2n) is 4.89. The number of hydrogen-bond donors (Lipinski definition) is 2. The summed E-state index contributed by atoms with van der Waals surface area (Å²) in [6, 6.07) is 13.4. The van der Waals surface area contributed by atoms with E-state index in [4.69, 9.17) is 28.5 Å². The molecule has 0 aliphatic carbocycles. The van der Waals surface area contributed by atoms with Gasteiger partial charge in [-0.15, -0.1) is 0 Å². The molecule has 0 fully saturated rings. The highest BCUT2D eigenvalue weighted by Gasteiger charge is 2.10. The molecule has 0 unspecified atom stereocenters. The smallest absolute Gasteiger partial charge is 0.253 e. The summed E-state index contributed by atoms with van der Waals surface area (Å²) in [4.78, 5) is 23.4. The normalized spacial score (nSPS) is 9.88. The molecular weight excluding hydrogens is 349 g/mol. The van der Waals surface area contributed by atoms with E-state index in [1.165, 1.54) is 6.07 Å². The van der Waals surface area contributed by atoms with Crippen molar-refractivity contribution in [3.63, 3.8) is 0 Å². The summed E-state index contributed by atoms with van der Waals surface area (Å²) in [6.45, 7) is 0.300. The highest BCUT2D eigenvalue weighted by atomic mass is 35.5. The Morgan fingerprint density at radius 1 is 1.08 bits per heavy atom. The van der Waals surface area contributed by atoms with E-state index >= 15 is 0 Å². The largest absolute Gasteiger partial charge is 0.348 e. The van der Waals surface area contributed by atoms with Gasteiger partial charge in [0.1, 0.15) is 6.42 Å². The summed E-state index contributed by atoms with van der Waals surface area (Å²) in [5.41, 5.74) is 1.74. The molecule has 2 N–H and O–H groups in total. The first-order valence-electron chi connectivity index (χ1n) is 6.98. The molecule has 0 aliphatic rings. The first kappa shape index (κ1) is 17.8. The summed E-state index contributed by atoms with van der Waals surface area (Å²) in [5.74, 6) is -0.692. The molecule has 2 amide bonds. The summed E-state index contributed by atoms with van der Waals surface area (Å²) in [5, 5.41) is 14.5. The lowest BCUT2D eigenvalue weighted by Crippen LogP contribution is -2.23. The third-order valence-corrected chi connectivity index (χ3v) is 3.67. The van der Waals surface area contributed by atoms with Gasteiger partial charge in [-0.25, -0.2) is 0 Å². The van der Waals surface area contributed by atoms with Crippen molar-refractivity contribution in [2.45, 2.75) is 13.0 Å². The molecule has 0 bridgehead atoms. The van der Waals surface area contributed by atoms with Crippen molar-refractivity contribution in [2.24, 2.45) is 0 Å². The zero-order chi connectivity index (χ0) is 17.5.